The molecule has 0 bridgehead atoms. The second-order valence-corrected chi connectivity index (χ2v) is 3.01. The molecule has 1 aromatic carbocycles. The predicted molar refractivity (Wildman–Crippen MR) is 50.2 cm³/mol. The summed E-state index contributed by atoms with van der Waals surface area (Å²) in [6.07, 6.45) is -1.58. The van der Waals surface area contributed by atoms with Gasteiger partial charge in [0.25, 0.3) is 0 Å². The van der Waals surface area contributed by atoms with Crippen LogP contribution < -0.4 is 4.74 Å². The molecule has 15 heavy (non-hydrogen) atoms. The normalized spacial score (nSPS) is 12.2. The van der Waals surface area contributed by atoms with Crippen LogP contribution in [0.4, 0.5) is 4.39 Å². The zero-order valence-corrected chi connectivity index (χ0v) is 8.11. The van der Waals surface area contributed by atoms with E-state index in [1.54, 1.807) is 0 Å². The highest BCUT2D eigenvalue weighted by Crippen LogP contribution is 2.24. The number of methoxy groups -OCH3 is 1. The summed E-state index contributed by atoms with van der Waals surface area (Å²) in [4.78, 5) is 10.3. The van der Waals surface area contributed by atoms with E-state index in [0.29, 0.717) is 5.56 Å². The Kier molecular flexibility index (Phi) is 3.62. The van der Waals surface area contributed by atoms with Crippen LogP contribution in [0.15, 0.2) is 18.2 Å². The third-order valence-electron chi connectivity index (χ3n) is 1.93. The first-order valence-corrected chi connectivity index (χ1v) is 4.28. The summed E-state index contributed by atoms with van der Waals surface area (Å²) in [5.41, 5.74) is 0.315. The monoisotopic (exact) mass is 214 g/mol. The van der Waals surface area contributed by atoms with Gasteiger partial charge in [0, 0.05) is 0 Å². The van der Waals surface area contributed by atoms with Crippen molar-refractivity contribution in [3.05, 3.63) is 29.6 Å². The van der Waals surface area contributed by atoms with E-state index in [9.17, 15) is 14.3 Å². The molecule has 1 aromatic rings. The van der Waals surface area contributed by atoms with Crippen LogP contribution in [0.3, 0.4) is 0 Å². The van der Waals surface area contributed by atoms with E-state index >= 15 is 0 Å². The molecule has 1 unspecified atom stereocenters. The minimum absolute atomic E-state index is 0.0167. The second kappa shape index (κ2) is 4.75. The van der Waals surface area contributed by atoms with Crippen molar-refractivity contribution in [2.24, 2.45) is 0 Å². The summed E-state index contributed by atoms with van der Waals surface area (Å²) >= 11 is 0. The third-order valence-corrected chi connectivity index (χ3v) is 1.93. The molecule has 5 heteroatoms. The molecule has 0 amide bonds. The molecule has 0 aliphatic heterocycles. The Labute approximate surface area is 85.9 Å². The maximum atomic E-state index is 13.0. The zero-order valence-electron chi connectivity index (χ0n) is 8.11. The van der Waals surface area contributed by atoms with Gasteiger partial charge in [0.15, 0.2) is 11.6 Å². The SMILES string of the molecule is COc1cc(C(O)CC(=O)O)ccc1F. The lowest BCUT2D eigenvalue weighted by molar-refractivity contribution is -0.139. The summed E-state index contributed by atoms with van der Waals surface area (Å²) in [5.74, 6) is -1.69. The molecule has 4 nitrogen and oxygen atoms in total. The van der Waals surface area contributed by atoms with Crippen molar-refractivity contribution in [3.8, 4) is 5.75 Å². The van der Waals surface area contributed by atoms with Crippen molar-refractivity contribution >= 4 is 5.97 Å². The largest absolute Gasteiger partial charge is 0.494 e. The highest BCUT2D eigenvalue weighted by atomic mass is 19.1. The maximum absolute atomic E-state index is 13.0. The number of rotatable bonds is 4. The Morgan fingerprint density at radius 3 is 2.80 bits per heavy atom. The number of aliphatic hydroxyl groups excluding tert-OH is 1. The number of hydrogen-bond donors (Lipinski definition) is 2. The molecule has 0 aliphatic carbocycles. The Hall–Kier alpha value is -1.62. The van der Waals surface area contributed by atoms with Crippen LogP contribution in [0.5, 0.6) is 5.75 Å². The Morgan fingerprint density at radius 1 is 1.60 bits per heavy atom. The molecule has 1 rings (SSSR count). The molecule has 82 valence electrons. The number of halogens is 1. The van der Waals surface area contributed by atoms with Crippen molar-refractivity contribution in [2.45, 2.75) is 12.5 Å². The van der Waals surface area contributed by atoms with Crippen LogP contribution in [0.1, 0.15) is 18.1 Å². The Bertz CT molecular complexity index is 364. The first kappa shape index (κ1) is 11.5. The molecule has 0 saturated carbocycles. The van der Waals surface area contributed by atoms with Gasteiger partial charge in [-0.1, -0.05) is 6.07 Å². The van der Waals surface area contributed by atoms with E-state index in [1.807, 2.05) is 0 Å². The van der Waals surface area contributed by atoms with Crippen molar-refractivity contribution in [1.82, 2.24) is 0 Å². The molecule has 2 N–H and O–H groups in total. The van der Waals surface area contributed by atoms with Crippen molar-refractivity contribution in [3.63, 3.8) is 0 Å². The molecule has 0 aliphatic rings. The number of aliphatic carboxylic acids is 1. The van der Waals surface area contributed by atoms with Gasteiger partial charge in [-0.15, -0.1) is 0 Å². The van der Waals surface area contributed by atoms with Gasteiger partial charge < -0.3 is 14.9 Å². The van der Waals surface area contributed by atoms with Crippen LogP contribution >= 0.6 is 0 Å². The molecule has 0 spiro atoms. The average Bonchev–Trinajstić information content (AvgIpc) is 2.17. The minimum Gasteiger partial charge on any atom is -0.494 e. The Morgan fingerprint density at radius 2 is 2.27 bits per heavy atom. The van der Waals surface area contributed by atoms with E-state index in [4.69, 9.17) is 9.84 Å². The topological polar surface area (TPSA) is 66.8 Å². The van der Waals surface area contributed by atoms with Gasteiger partial charge in [-0.05, 0) is 17.7 Å². The highest BCUT2D eigenvalue weighted by molar-refractivity contribution is 5.67. The first-order valence-electron chi connectivity index (χ1n) is 4.28. The molecule has 1 atom stereocenters. The number of ether oxygens (including phenoxy) is 1. The van der Waals surface area contributed by atoms with E-state index in [2.05, 4.69) is 0 Å². The van der Waals surface area contributed by atoms with Crippen LogP contribution in [-0.4, -0.2) is 23.3 Å². The molecule has 0 saturated heterocycles. The van der Waals surface area contributed by atoms with Crippen molar-refractivity contribution in [2.75, 3.05) is 7.11 Å². The molecular formula is C10H11FO4. The maximum Gasteiger partial charge on any atom is 0.306 e. The quantitative estimate of drug-likeness (QED) is 0.793. The molecule has 0 aromatic heterocycles. The van der Waals surface area contributed by atoms with E-state index in [-0.39, 0.29) is 5.75 Å². The van der Waals surface area contributed by atoms with Crippen LogP contribution in [0.25, 0.3) is 0 Å². The number of carboxylic acid groups (broad SMARTS) is 1. The van der Waals surface area contributed by atoms with Gasteiger partial charge in [0.05, 0.1) is 19.6 Å². The summed E-state index contributed by atoms with van der Waals surface area (Å²) in [7, 11) is 1.30. The molecule has 0 heterocycles. The summed E-state index contributed by atoms with van der Waals surface area (Å²) in [6.45, 7) is 0. The van der Waals surface area contributed by atoms with Crippen LogP contribution in [-0.2, 0) is 4.79 Å². The fourth-order valence-electron chi connectivity index (χ4n) is 1.17. The lowest BCUT2D eigenvalue weighted by Gasteiger charge is -2.10. The zero-order chi connectivity index (χ0) is 11.4. The van der Waals surface area contributed by atoms with E-state index in [0.717, 1.165) is 6.07 Å². The van der Waals surface area contributed by atoms with Crippen molar-refractivity contribution < 1.29 is 24.1 Å². The summed E-state index contributed by atoms with van der Waals surface area (Å²) in [5, 5.41) is 17.9. The molecule has 0 radical (unpaired) electrons. The lowest BCUT2D eigenvalue weighted by atomic mass is 10.1. The number of benzene rings is 1. The standard InChI is InChI=1S/C10H11FO4/c1-15-9-4-6(2-3-7(9)11)8(12)5-10(13)14/h2-4,8,12H,5H2,1H3,(H,13,14). The number of carbonyl (C=O) groups is 1. The van der Waals surface area contributed by atoms with Gasteiger partial charge in [-0.3, -0.25) is 4.79 Å². The minimum atomic E-state index is -1.16. The lowest BCUT2D eigenvalue weighted by Crippen LogP contribution is -2.05. The predicted octanol–water partition coefficient (Wildman–Crippen LogP) is 1.34. The van der Waals surface area contributed by atoms with Gasteiger partial charge in [-0.2, -0.15) is 0 Å². The number of carboxylic acids is 1. The first-order chi connectivity index (χ1) is 7.04. The number of aliphatic hydroxyl groups is 1. The second-order valence-electron chi connectivity index (χ2n) is 3.01. The smallest absolute Gasteiger partial charge is 0.306 e. The van der Waals surface area contributed by atoms with E-state index in [1.165, 1.54) is 19.2 Å². The van der Waals surface area contributed by atoms with Crippen LogP contribution in [0, 0.1) is 5.82 Å². The van der Waals surface area contributed by atoms with Gasteiger partial charge in [0.1, 0.15) is 0 Å². The van der Waals surface area contributed by atoms with Gasteiger partial charge >= 0.3 is 5.97 Å². The molecular weight excluding hydrogens is 203 g/mol. The average molecular weight is 214 g/mol. The van der Waals surface area contributed by atoms with Gasteiger partial charge in [-0.25, -0.2) is 4.39 Å². The fraction of sp³-hybridized carbons (Fsp3) is 0.300. The van der Waals surface area contributed by atoms with E-state index < -0.39 is 24.3 Å². The molecule has 0 fully saturated rings. The Balaban J connectivity index is 2.90. The summed E-state index contributed by atoms with van der Waals surface area (Å²) < 4.78 is 17.7. The number of hydrogen-bond acceptors (Lipinski definition) is 3. The third kappa shape index (κ3) is 2.92. The van der Waals surface area contributed by atoms with Gasteiger partial charge in [0.2, 0.25) is 0 Å². The highest BCUT2D eigenvalue weighted by Gasteiger charge is 2.14. The van der Waals surface area contributed by atoms with Crippen LogP contribution in [0.2, 0.25) is 0 Å². The summed E-state index contributed by atoms with van der Waals surface area (Å²) in [6, 6.07) is 3.73. The fourth-order valence-corrected chi connectivity index (χ4v) is 1.17. The van der Waals surface area contributed by atoms with Crippen molar-refractivity contribution in [1.29, 1.82) is 0 Å².